The third-order valence-corrected chi connectivity index (χ3v) is 5.09. The quantitative estimate of drug-likeness (QED) is 0.206. The molecule has 160 valence electrons. The van der Waals surface area contributed by atoms with E-state index >= 15 is 0 Å². The van der Waals surface area contributed by atoms with Gasteiger partial charge in [-0.05, 0) is 88.0 Å². The fourth-order valence-electron chi connectivity index (χ4n) is 2.19. The van der Waals surface area contributed by atoms with E-state index in [0.717, 1.165) is 18.2 Å². The number of nitrogens with zero attached hydrogens (tertiary/aromatic N) is 1. The van der Waals surface area contributed by atoms with Gasteiger partial charge in [-0.1, -0.05) is 6.07 Å². The van der Waals surface area contributed by atoms with Gasteiger partial charge in [-0.2, -0.15) is 18.3 Å². The minimum Gasteiger partial charge on any atom is -0.480 e. The van der Waals surface area contributed by atoms with E-state index in [9.17, 15) is 22.8 Å². The topological polar surface area (TPSA) is 77.0 Å². The highest BCUT2D eigenvalue weighted by atomic mass is 127. The highest BCUT2D eigenvalue weighted by Gasteiger charge is 2.30. The van der Waals surface area contributed by atoms with Crippen LogP contribution in [0.3, 0.4) is 0 Å². The molecule has 0 aliphatic heterocycles. The maximum absolute atomic E-state index is 12.8. The van der Waals surface area contributed by atoms with Crippen molar-refractivity contribution in [2.24, 2.45) is 5.10 Å². The molecule has 0 saturated heterocycles. The molecule has 2 aromatic rings. The lowest BCUT2D eigenvalue weighted by Crippen LogP contribution is -2.18. The fourth-order valence-corrected chi connectivity index (χ4v) is 4.32. The lowest BCUT2D eigenvalue weighted by Gasteiger charge is -2.10. The van der Waals surface area contributed by atoms with Crippen LogP contribution in [0.1, 0.15) is 28.4 Å². The first-order valence-corrected chi connectivity index (χ1v) is 10.6. The van der Waals surface area contributed by atoms with E-state index in [0.29, 0.717) is 18.5 Å². The van der Waals surface area contributed by atoms with Gasteiger partial charge in [-0.25, -0.2) is 10.2 Å². The van der Waals surface area contributed by atoms with Crippen molar-refractivity contribution < 1.29 is 32.2 Å². The van der Waals surface area contributed by atoms with Crippen molar-refractivity contribution in [3.8, 4) is 5.75 Å². The second kappa shape index (κ2) is 10.9. The molecule has 0 radical (unpaired) electrons. The fraction of sp³-hybridized carbons (Fsp3) is 0.211. The Morgan fingerprint density at radius 1 is 1.17 bits per heavy atom. The third kappa shape index (κ3) is 7.11. The number of amides is 1. The van der Waals surface area contributed by atoms with E-state index < -0.39 is 23.6 Å². The SMILES string of the molecule is CCOC(=O)COc1c(I)cc(/C=N\NC(=O)c2cccc(C(F)(F)F)c2)cc1I. The highest BCUT2D eigenvalue weighted by molar-refractivity contribution is 14.1. The van der Waals surface area contributed by atoms with Crippen molar-refractivity contribution >= 4 is 63.3 Å². The number of carbonyl (C=O) groups is 2. The monoisotopic (exact) mass is 646 g/mol. The van der Waals surface area contributed by atoms with Crippen molar-refractivity contribution in [2.45, 2.75) is 13.1 Å². The standard InChI is InChI=1S/C19H15F3I2N2O4/c1-2-29-16(27)10-30-17-14(23)6-11(7-15(17)24)9-25-26-18(28)12-4-3-5-13(8-12)19(20,21)22/h3-9H,2,10H2,1H3,(H,26,28)/b25-9-. The summed E-state index contributed by atoms with van der Waals surface area (Å²) in [7, 11) is 0. The smallest absolute Gasteiger partial charge is 0.416 e. The molecule has 0 spiro atoms. The summed E-state index contributed by atoms with van der Waals surface area (Å²) in [6.45, 7) is 1.74. The van der Waals surface area contributed by atoms with Crippen molar-refractivity contribution in [2.75, 3.05) is 13.2 Å². The Morgan fingerprint density at radius 2 is 1.83 bits per heavy atom. The Hall–Kier alpha value is -1.90. The lowest BCUT2D eigenvalue weighted by molar-refractivity contribution is -0.145. The molecule has 2 aromatic carbocycles. The number of hydrogen-bond acceptors (Lipinski definition) is 5. The molecule has 0 heterocycles. The first kappa shape index (κ1) is 24.4. The molecule has 0 unspecified atom stereocenters. The number of esters is 1. The molecule has 2 rings (SSSR count). The van der Waals surface area contributed by atoms with Gasteiger partial charge in [0.25, 0.3) is 5.91 Å². The largest absolute Gasteiger partial charge is 0.480 e. The Morgan fingerprint density at radius 3 is 2.43 bits per heavy atom. The van der Waals surface area contributed by atoms with Gasteiger partial charge >= 0.3 is 12.1 Å². The zero-order valence-electron chi connectivity index (χ0n) is 15.4. The van der Waals surface area contributed by atoms with Crippen molar-refractivity contribution in [3.05, 3.63) is 60.2 Å². The van der Waals surface area contributed by atoms with Gasteiger partial charge < -0.3 is 9.47 Å². The van der Waals surface area contributed by atoms with Gasteiger partial charge in [0.1, 0.15) is 5.75 Å². The number of hydrazone groups is 1. The van der Waals surface area contributed by atoms with Gasteiger partial charge in [0.05, 0.1) is 25.5 Å². The van der Waals surface area contributed by atoms with Gasteiger partial charge in [0.15, 0.2) is 6.61 Å². The van der Waals surface area contributed by atoms with Crippen LogP contribution in [-0.2, 0) is 15.7 Å². The molecule has 1 amide bonds. The van der Waals surface area contributed by atoms with Crippen LogP contribution >= 0.6 is 45.2 Å². The predicted octanol–water partition coefficient (Wildman–Crippen LogP) is 4.62. The maximum atomic E-state index is 12.8. The number of alkyl halides is 3. The molecule has 0 fully saturated rings. The van der Waals surface area contributed by atoms with Crippen LogP contribution in [0.25, 0.3) is 0 Å². The summed E-state index contributed by atoms with van der Waals surface area (Å²) >= 11 is 4.06. The molecule has 0 saturated carbocycles. The molecule has 11 heteroatoms. The predicted molar refractivity (Wildman–Crippen MR) is 121 cm³/mol. The molecule has 0 atom stereocenters. The molecule has 0 aliphatic rings. The summed E-state index contributed by atoms with van der Waals surface area (Å²) in [5.41, 5.74) is 1.75. The van der Waals surface area contributed by atoms with Gasteiger partial charge in [0.2, 0.25) is 0 Å². The second-order valence-electron chi connectivity index (χ2n) is 5.69. The average molecular weight is 646 g/mol. The van der Waals surface area contributed by atoms with E-state index in [1.807, 2.05) is 45.2 Å². The molecule has 0 aliphatic carbocycles. The zero-order valence-corrected chi connectivity index (χ0v) is 19.7. The minimum atomic E-state index is -4.54. The number of rotatable bonds is 7. The zero-order chi connectivity index (χ0) is 22.3. The molecular weight excluding hydrogens is 631 g/mol. The Labute approximate surface area is 197 Å². The molecule has 6 nitrogen and oxygen atoms in total. The summed E-state index contributed by atoms with van der Waals surface area (Å²) < 4.78 is 50.0. The van der Waals surface area contributed by atoms with Crippen LogP contribution in [0, 0.1) is 7.14 Å². The highest BCUT2D eigenvalue weighted by Crippen LogP contribution is 2.30. The van der Waals surface area contributed by atoms with Gasteiger partial charge in [0, 0.05) is 5.56 Å². The molecule has 30 heavy (non-hydrogen) atoms. The number of nitrogens with one attached hydrogen (secondary N) is 1. The number of halogens is 5. The van der Waals surface area contributed by atoms with E-state index in [1.165, 1.54) is 12.3 Å². The molecule has 0 aromatic heterocycles. The van der Waals surface area contributed by atoms with Crippen LogP contribution in [0.4, 0.5) is 13.2 Å². The first-order chi connectivity index (χ1) is 14.1. The van der Waals surface area contributed by atoms with Gasteiger partial charge in [-0.3, -0.25) is 4.79 Å². The first-order valence-electron chi connectivity index (χ1n) is 8.40. The minimum absolute atomic E-state index is 0.158. The van der Waals surface area contributed by atoms with E-state index in [2.05, 4.69) is 10.5 Å². The number of hydrogen-bond donors (Lipinski definition) is 1. The Kier molecular flexibility index (Phi) is 8.88. The summed E-state index contributed by atoms with van der Waals surface area (Å²) in [4.78, 5) is 23.5. The average Bonchev–Trinajstić information content (AvgIpc) is 2.67. The number of ether oxygens (including phenoxy) is 2. The van der Waals surface area contributed by atoms with E-state index in [4.69, 9.17) is 9.47 Å². The molecule has 1 N–H and O–H groups in total. The van der Waals surface area contributed by atoms with E-state index in [1.54, 1.807) is 19.1 Å². The summed E-state index contributed by atoms with van der Waals surface area (Å²) in [5.74, 6) is -0.738. The lowest BCUT2D eigenvalue weighted by atomic mass is 10.1. The van der Waals surface area contributed by atoms with Crippen molar-refractivity contribution in [1.29, 1.82) is 0 Å². The number of carbonyl (C=O) groups excluding carboxylic acids is 2. The Bertz CT molecular complexity index is 942. The van der Waals surface area contributed by atoms with Crippen LogP contribution in [0.5, 0.6) is 5.75 Å². The van der Waals surface area contributed by atoms with Crippen LogP contribution in [0.15, 0.2) is 41.5 Å². The molecular formula is C19H15F3I2N2O4. The second-order valence-corrected chi connectivity index (χ2v) is 8.01. The van der Waals surface area contributed by atoms with Crippen LogP contribution < -0.4 is 10.2 Å². The maximum Gasteiger partial charge on any atom is 0.416 e. The summed E-state index contributed by atoms with van der Waals surface area (Å²) in [6.07, 6.45) is -3.19. The summed E-state index contributed by atoms with van der Waals surface area (Å²) in [6, 6.07) is 7.48. The molecule has 0 bridgehead atoms. The number of benzene rings is 2. The third-order valence-electron chi connectivity index (χ3n) is 3.49. The van der Waals surface area contributed by atoms with Crippen LogP contribution in [-0.4, -0.2) is 31.3 Å². The normalized spacial score (nSPS) is 11.4. The van der Waals surface area contributed by atoms with Gasteiger partial charge in [-0.15, -0.1) is 0 Å². The van der Waals surface area contributed by atoms with E-state index in [-0.39, 0.29) is 18.8 Å². The van der Waals surface area contributed by atoms with Crippen LogP contribution in [0.2, 0.25) is 0 Å². The summed E-state index contributed by atoms with van der Waals surface area (Å²) in [5, 5.41) is 3.79. The van der Waals surface area contributed by atoms with Crippen molar-refractivity contribution in [3.63, 3.8) is 0 Å². The Balaban J connectivity index is 2.04. The van der Waals surface area contributed by atoms with Crippen molar-refractivity contribution in [1.82, 2.24) is 5.43 Å².